The Kier molecular flexibility index (Phi) is 9.01. The maximum Gasteiger partial charge on any atom is 0.490 e. The molecule has 0 amide bonds. The van der Waals surface area contributed by atoms with Crippen LogP contribution in [0.4, 0.5) is 32.2 Å². The first-order valence-electron chi connectivity index (χ1n) is 10.1. The normalized spacial score (nSPS) is 16.9. The van der Waals surface area contributed by atoms with E-state index >= 15 is 0 Å². The van der Waals surface area contributed by atoms with Crippen LogP contribution in [0.25, 0.3) is 0 Å². The molecule has 2 fully saturated rings. The summed E-state index contributed by atoms with van der Waals surface area (Å²) in [6, 6.07) is 10.3. The zero-order chi connectivity index (χ0) is 26.3. The number of hydrogen-bond donors (Lipinski definition) is 2. The minimum absolute atomic E-state index is 0.486. The highest BCUT2D eigenvalue weighted by atomic mass is 19.4. The monoisotopic (exact) mass is 508 g/mol. The van der Waals surface area contributed by atoms with Crippen molar-refractivity contribution in [3.63, 3.8) is 0 Å². The maximum absolute atomic E-state index is 10.6. The van der Waals surface area contributed by atoms with Gasteiger partial charge in [-0.25, -0.2) is 14.6 Å². The minimum Gasteiger partial charge on any atom is -0.475 e. The molecule has 0 aliphatic carbocycles. The number of nitrogens with zero attached hydrogens (tertiary/aromatic N) is 4. The van der Waals surface area contributed by atoms with Crippen molar-refractivity contribution in [2.75, 3.05) is 31.1 Å². The third kappa shape index (κ3) is 8.70. The summed E-state index contributed by atoms with van der Waals surface area (Å²) in [4.78, 5) is 31.4. The zero-order valence-corrected chi connectivity index (χ0v) is 18.1. The quantitative estimate of drug-likeness (QED) is 0.608. The molecule has 1 spiro atoms. The molecule has 0 unspecified atom stereocenters. The van der Waals surface area contributed by atoms with E-state index in [-0.39, 0.29) is 0 Å². The van der Waals surface area contributed by atoms with E-state index < -0.39 is 24.3 Å². The van der Waals surface area contributed by atoms with E-state index in [1.165, 1.54) is 25.1 Å². The lowest BCUT2D eigenvalue weighted by molar-refractivity contribution is -0.193. The molecule has 0 saturated carbocycles. The molecule has 8 nitrogen and oxygen atoms in total. The summed E-state index contributed by atoms with van der Waals surface area (Å²) in [5.74, 6) is -4.39. The number of carbonyl (C=O) groups is 2. The van der Waals surface area contributed by atoms with E-state index in [0.29, 0.717) is 5.41 Å². The van der Waals surface area contributed by atoms with Gasteiger partial charge in [0, 0.05) is 50.2 Å². The number of anilines is 1. The molecule has 4 rings (SSSR count). The van der Waals surface area contributed by atoms with E-state index in [4.69, 9.17) is 19.8 Å². The number of carboxylic acid groups (broad SMARTS) is 2. The number of aromatic nitrogens is 2. The smallest absolute Gasteiger partial charge is 0.475 e. The van der Waals surface area contributed by atoms with Gasteiger partial charge in [0.25, 0.3) is 0 Å². The molecule has 2 aromatic heterocycles. The van der Waals surface area contributed by atoms with Crippen molar-refractivity contribution >= 4 is 17.8 Å². The lowest BCUT2D eigenvalue weighted by Crippen LogP contribution is -2.58. The van der Waals surface area contributed by atoms with Gasteiger partial charge in [-0.3, -0.25) is 9.88 Å². The van der Waals surface area contributed by atoms with Crippen molar-refractivity contribution in [2.45, 2.75) is 25.3 Å². The standard InChI is InChI=1S/C17H20N4.2C2HF3O2/c1-2-8-19-16(5-1)21-13-17(14-21)6-9-20(12-17)11-15-4-3-7-18-10-15;2*3-2(4,5)1(6)7/h1-5,7-8,10H,6,9,11-14H2;2*(H,6,7). The van der Waals surface area contributed by atoms with E-state index in [1.807, 2.05) is 30.7 Å². The van der Waals surface area contributed by atoms with Crippen molar-refractivity contribution in [3.05, 3.63) is 54.5 Å². The molecule has 0 atom stereocenters. The van der Waals surface area contributed by atoms with E-state index in [0.717, 1.165) is 25.5 Å². The second-order valence-corrected chi connectivity index (χ2v) is 7.97. The fourth-order valence-electron chi connectivity index (χ4n) is 3.64. The van der Waals surface area contributed by atoms with Crippen LogP contribution >= 0.6 is 0 Å². The van der Waals surface area contributed by atoms with Crippen LogP contribution < -0.4 is 4.90 Å². The summed E-state index contributed by atoms with van der Waals surface area (Å²) in [6.07, 6.45) is -3.17. The molecule has 0 aromatic carbocycles. The van der Waals surface area contributed by atoms with E-state index in [1.54, 1.807) is 0 Å². The number of aliphatic carboxylic acids is 2. The molecular formula is C21H22F6N4O4. The number of hydrogen-bond acceptors (Lipinski definition) is 6. The molecule has 0 radical (unpaired) electrons. The van der Waals surface area contributed by atoms with Crippen LogP contribution in [-0.2, 0) is 16.1 Å². The van der Waals surface area contributed by atoms with Gasteiger partial charge in [0.2, 0.25) is 0 Å². The molecule has 4 heterocycles. The number of alkyl halides is 6. The molecular weight excluding hydrogens is 486 g/mol. The van der Waals surface area contributed by atoms with Gasteiger partial charge in [0.15, 0.2) is 0 Å². The highest BCUT2D eigenvalue weighted by molar-refractivity contribution is 5.73. The topological polar surface area (TPSA) is 107 Å². The molecule has 2 aromatic rings. The van der Waals surface area contributed by atoms with Crippen molar-refractivity contribution in [1.82, 2.24) is 14.9 Å². The second-order valence-electron chi connectivity index (χ2n) is 7.97. The van der Waals surface area contributed by atoms with Crippen molar-refractivity contribution in [1.29, 1.82) is 0 Å². The fourth-order valence-corrected chi connectivity index (χ4v) is 3.64. The number of rotatable bonds is 3. The van der Waals surface area contributed by atoms with E-state index in [2.05, 4.69) is 38.0 Å². The van der Waals surface area contributed by atoms with Crippen LogP contribution in [0.15, 0.2) is 48.9 Å². The molecule has 2 saturated heterocycles. The van der Waals surface area contributed by atoms with Gasteiger partial charge in [-0.1, -0.05) is 12.1 Å². The maximum atomic E-state index is 10.6. The first kappa shape index (κ1) is 27.8. The van der Waals surface area contributed by atoms with Crippen LogP contribution in [0.1, 0.15) is 12.0 Å². The summed E-state index contributed by atoms with van der Waals surface area (Å²) >= 11 is 0. The van der Waals surface area contributed by atoms with Gasteiger partial charge in [-0.2, -0.15) is 26.3 Å². The van der Waals surface area contributed by atoms with Gasteiger partial charge in [0.1, 0.15) is 5.82 Å². The highest BCUT2D eigenvalue weighted by Gasteiger charge is 2.47. The van der Waals surface area contributed by atoms with Gasteiger partial charge >= 0.3 is 24.3 Å². The van der Waals surface area contributed by atoms with Crippen molar-refractivity contribution in [2.24, 2.45) is 5.41 Å². The van der Waals surface area contributed by atoms with Crippen molar-refractivity contribution in [3.8, 4) is 0 Å². The molecule has 14 heteroatoms. The predicted octanol–water partition coefficient (Wildman–Crippen LogP) is 3.46. The summed E-state index contributed by atoms with van der Waals surface area (Å²) in [7, 11) is 0. The summed E-state index contributed by atoms with van der Waals surface area (Å²) in [5.41, 5.74) is 1.80. The van der Waals surface area contributed by atoms with Crippen LogP contribution in [0.3, 0.4) is 0 Å². The predicted molar refractivity (Wildman–Crippen MR) is 110 cm³/mol. The number of halogens is 6. The Morgan fingerprint density at radius 2 is 1.51 bits per heavy atom. The Balaban J connectivity index is 0.000000257. The molecule has 0 bridgehead atoms. The van der Waals surface area contributed by atoms with E-state index in [9.17, 15) is 26.3 Å². The number of pyridine rings is 2. The number of likely N-dealkylation sites (tertiary alicyclic amines) is 1. The Bertz CT molecular complexity index is 943. The fraction of sp³-hybridized carbons (Fsp3) is 0.429. The van der Waals surface area contributed by atoms with Gasteiger partial charge in [-0.05, 0) is 36.7 Å². The SMILES string of the molecule is O=C(O)C(F)(F)F.O=C(O)C(F)(F)F.c1ccc(N2CC3(CCN(Cc4cccnc4)C3)C2)nc1. The van der Waals surface area contributed by atoms with Crippen LogP contribution in [-0.4, -0.2) is 75.6 Å². The minimum atomic E-state index is -5.08. The second kappa shape index (κ2) is 11.3. The van der Waals surface area contributed by atoms with Gasteiger partial charge in [0.05, 0.1) is 0 Å². The Morgan fingerprint density at radius 3 is 1.97 bits per heavy atom. The first-order valence-corrected chi connectivity index (χ1v) is 10.1. The first-order chi connectivity index (χ1) is 16.2. The third-order valence-corrected chi connectivity index (χ3v) is 5.16. The summed E-state index contributed by atoms with van der Waals surface area (Å²) in [5, 5.41) is 14.2. The summed E-state index contributed by atoms with van der Waals surface area (Å²) < 4.78 is 63.5. The molecule has 2 aliphatic heterocycles. The third-order valence-electron chi connectivity index (χ3n) is 5.16. The average molecular weight is 508 g/mol. The van der Waals surface area contributed by atoms with Gasteiger partial charge < -0.3 is 15.1 Å². The number of carboxylic acids is 2. The molecule has 2 aliphatic rings. The summed E-state index contributed by atoms with van der Waals surface area (Å²) in [6.45, 7) is 5.72. The molecule has 35 heavy (non-hydrogen) atoms. The van der Waals surface area contributed by atoms with Crippen LogP contribution in [0, 0.1) is 5.41 Å². The Morgan fingerprint density at radius 1 is 0.914 bits per heavy atom. The highest BCUT2D eigenvalue weighted by Crippen LogP contribution is 2.41. The Hall–Kier alpha value is -3.42. The lowest BCUT2D eigenvalue weighted by atomic mass is 9.79. The van der Waals surface area contributed by atoms with Gasteiger partial charge in [-0.15, -0.1) is 0 Å². The van der Waals surface area contributed by atoms with Crippen molar-refractivity contribution < 1.29 is 46.1 Å². The molecule has 192 valence electrons. The average Bonchev–Trinajstić information content (AvgIpc) is 3.18. The Labute approximate surface area is 195 Å². The largest absolute Gasteiger partial charge is 0.490 e. The zero-order valence-electron chi connectivity index (χ0n) is 18.1. The lowest BCUT2D eigenvalue weighted by Gasteiger charge is -2.48. The van der Waals surface area contributed by atoms with Crippen LogP contribution in [0.2, 0.25) is 0 Å². The van der Waals surface area contributed by atoms with Crippen LogP contribution in [0.5, 0.6) is 0 Å². The molecule has 2 N–H and O–H groups in total.